The van der Waals surface area contributed by atoms with Crippen LogP contribution in [0.5, 0.6) is 0 Å². The van der Waals surface area contributed by atoms with Crippen LogP contribution in [0.2, 0.25) is 0 Å². The lowest BCUT2D eigenvalue weighted by molar-refractivity contribution is -0.128. The van der Waals surface area contributed by atoms with Crippen LogP contribution in [0.1, 0.15) is 39.5 Å². The van der Waals surface area contributed by atoms with Crippen molar-refractivity contribution in [1.29, 1.82) is 0 Å². The molecule has 0 amide bonds. The zero-order valence-corrected chi connectivity index (χ0v) is 9.05. The average Bonchev–Trinajstić information content (AvgIpc) is 2.17. The molecule has 0 fully saturated rings. The molecule has 0 saturated carbocycles. The standard InChI is InChI=1S/C13H18O/c1-10-6-8-13(9-7-10)11(2)4-3-5-12(13)14/h3,5-6,11H,4,7-9H2,1-2H3. The molecule has 0 aromatic rings. The molecule has 0 aliphatic heterocycles. The molecule has 2 atom stereocenters. The summed E-state index contributed by atoms with van der Waals surface area (Å²) in [4.78, 5) is 12.0. The summed E-state index contributed by atoms with van der Waals surface area (Å²) in [5, 5.41) is 0. The first kappa shape index (κ1) is 9.70. The van der Waals surface area contributed by atoms with Gasteiger partial charge in [-0.15, -0.1) is 0 Å². The highest BCUT2D eigenvalue weighted by molar-refractivity contribution is 5.96. The van der Waals surface area contributed by atoms with E-state index in [1.807, 2.05) is 6.08 Å². The summed E-state index contributed by atoms with van der Waals surface area (Å²) in [6, 6.07) is 0. The number of hydrogen-bond acceptors (Lipinski definition) is 1. The molecule has 1 spiro atoms. The summed E-state index contributed by atoms with van der Waals surface area (Å²) in [5.41, 5.74) is 1.40. The van der Waals surface area contributed by atoms with Crippen LogP contribution in [-0.4, -0.2) is 5.78 Å². The van der Waals surface area contributed by atoms with Gasteiger partial charge in [0.15, 0.2) is 5.78 Å². The summed E-state index contributed by atoms with van der Waals surface area (Å²) in [6.45, 7) is 4.39. The average molecular weight is 190 g/mol. The van der Waals surface area contributed by atoms with Crippen molar-refractivity contribution in [3.8, 4) is 0 Å². The largest absolute Gasteiger partial charge is 0.294 e. The van der Waals surface area contributed by atoms with Gasteiger partial charge < -0.3 is 0 Å². The predicted molar refractivity (Wildman–Crippen MR) is 58.0 cm³/mol. The monoisotopic (exact) mass is 190 g/mol. The van der Waals surface area contributed by atoms with Crippen LogP contribution in [0.3, 0.4) is 0 Å². The minimum absolute atomic E-state index is 0.0474. The summed E-state index contributed by atoms with van der Waals surface area (Å²) in [6.07, 6.45) is 10.3. The third-order valence-electron chi connectivity index (χ3n) is 3.97. The Labute approximate surface area is 85.9 Å². The van der Waals surface area contributed by atoms with Gasteiger partial charge in [0.05, 0.1) is 0 Å². The van der Waals surface area contributed by atoms with Crippen molar-refractivity contribution in [2.45, 2.75) is 39.5 Å². The van der Waals surface area contributed by atoms with Crippen LogP contribution >= 0.6 is 0 Å². The van der Waals surface area contributed by atoms with Crippen LogP contribution in [0.4, 0.5) is 0 Å². The van der Waals surface area contributed by atoms with E-state index in [0.717, 1.165) is 25.7 Å². The Balaban J connectivity index is 2.30. The molecule has 2 rings (SSSR count). The lowest BCUT2D eigenvalue weighted by atomic mass is 9.62. The normalized spacial score (nSPS) is 37.4. The lowest BCUT2D eigenvalue weighted by Crippen LogP contribution is -2.39. The Kier molecular flexibility index (Phi) is 2.34. The molecule has 0 heterocycles. The van der Waals surface area contributed by atoms with E-state index in [4.69, 9.17) is 0 Å². The van der Waals surface area contributed by atoms with Crippen molar-refractivity contribution in [3.63, 3.8) is 0 Å². The number of carbonyl (C=O) groups is 1. The molecule has 2 aliphatic carbocycles. The van der Waals surface area contributed by atoms with Crippen molar-refractivity contribution < 1.29 is 4.79 Å². The van der Waals surface area contributed by atoms with E-state index in [2.05, 4.69) is 19.9 Å². The van der Waals surface area contributed by atoms with Gasteiger partial charge in [-0.25, -0.2) is 0 Å². The molecule has 0 radical (unpaired) electrons. The Bertz CT molecular complexity index is 311. The molecule has 76 valence electrons. The molecule has 2 unspecified atom stereocenters. The van der Waals surface area contributed by atoms with Crippen molar-refractivity contribution in [2.75, 3.05) is 0 Å². The minimum Gasteiger partial charge on any atom is -0.294 e. The predicted octanol–water partition coefficient (Wildman–Crippen LogP) is 3.27. The SMILES string of the molecule is CC1=CCC2(CC1)C(=O)C=CCC2C. The second-order valence-corrected chi connectivity index (χ2v) is 4.81. The van der Waals surface area contributed by atoms with Gasteiger partial charge in [-0.3, -0.25) is 4.79 Å². The van der Waals surface area contributed by atoms with E-state index >= 15 is 0 Å². The molecule has 0 aromatic heterocycles. The molecular weight excluding hydrogens is 172 g/mol. The van der Waals surface area contributed by atoms with Gasteiger partial charge in [-0.1, -0.05) is 24.6 Å². The maximum Gasteiger partial charge on any atom is 0.162 e. The van der Waals surface area contributed by atoms with Crippen LogP contribution in [0.15, 0.2) is 23.8 Å². The van der Waals surface area contributed by atoms with E-state index in [1.165, 1.54) is 5.57 Å². The molecular formula is C13H18O. The first-order chi connectivity index (χ1) is 6.65. The van der Waals surface area contributed by atoms with E-state index < -0.39 is 0 Å². The maximum atomic E-state index is 12.0. The van der Waals surface area contributed by atoms with Crippen molar-refractivity contribution >= 4 is 5.78 Å². The van der Waals surface area contributed by atoms with Gasteiger partial charge in [0.25, 0.3) is 0 Å². The topological polar surface area (TPSA) is 17.1 Å². The van der Waals surface area contributed by atoms with Gasteiger partial charge >= 0.3 is 0 Å². The number of ketones is 1. The van der Waals surface area contributed by atoms with Gasteiger partial charge in [0.2, 0.25) is 0 Å². The highest BCUT2D eigenvalue weighted by atomic mass is 16.1. The third kappa shape index (κ3) is 1.35. The number of allylic oxidation sites excluding steroid dienone is 4. The van der Waals surface area contributed by atoms with Crippen molar-refractivity contribution in [2.24, 2.45) is 11.3 Å². The molecule has 14 heavy (non-hydrogen) atoms. The lowest BCUT2D eigenvalue weighted by Gasteiger charge is -2.40. The summed E-state index contributed by atoms with van der Waals surface area (Å²) < 4.78 is 0. The Morgan fingerprint density at radius 3 is 2.86 bits per heavy atom. The van der Waals surface area contributed by atoms with Gasteiger partial charge in [-0.2, -0.15) is 0 Å². The van der Waals surface area contributed by atoms with Gasteiger partial charge in [-0.05, 0) is 44.6 Å². The molecule has 0 aromatic carbocycles. The zero-order valence-electron chi connectivity index (χ0n) is 9.05. The molecule has 1 heteroatoms. The van der Waals surface area contributed by atoms with Crippen molar-refractivity contribution in [1.82, 2.24) is 0 Å². The number of carbonyl (C=O) groups excluding carboxylic acids is 1. The highest BCUT2D eigenvalue weighted by Crippen LogP contribution is 2.46. The first-order valence-corrected chi connectivity index (χ1v) is 5.52. The molecule has 2 aliphatic rings. The fraction of sp³-hybridized carbons (Fsp3) is 0.615. The van der Waals surface area contributed by atoms with Gasteiger partial charge in [0, 0.05) is 5.41 Å². The Hall–Kier alpha value is -0.850. The fourth-order valence-corrected chi connectivity index (χ4v) is 2.67. The molecule has 1 nitrogen and oxygen atoms in total. The minimum atomic E-state index is -0.0474. The quantitative estimate of drug-likeness (QED) is 0.536. The van der Waals surface area contributed by atoms with E-state index in [9.17, 15) is 4.79 Å². The Morgan fingerprint density at radius 1 is 1.50 bits per heavy atom. The summed E-state index contributed by atoms with van der Waals surface area (Å²) >= 11 is 0. The smallest absolute Gasteiger partial charge is 0.162 e. The van der Waals surface area contributed by atoms with Gasteiger partial charge in [0.1, 0.15) is 0 Å². The second-order valence-electron chi connectivity index (χ2n) is 4.81. The Morgan fingerprint density at radius 2 is 2.29 bits per heavy atom. The van der Waals surface area contributed by atoms with Crippen LogP contribution in [-0.2, 0) is 4.79 Å². The molecule has 0 N–H and O–H groups in total. The van der Waals surface area contributed by atoms with E-state index in [-0.39, 0.29) is 5.41 Å². The second kappa shape index (κ2) is 3.38. The number of hydrogen-bond donors (Lipinski definition) is 0. The van der Waals surface area contributed by atoms with Crippen LogP contribution < -0.4 is 0 Å². The van der Waals surface area contributed by atoms with Crippen LogP contribution in [0.25, 0.3) is 0 Å². The highest BCUT2D eigenvalue weighted by Gasteiger charge is 2.43. The molecule has 0 saturated heterocycles. The first-order valence-electron chi connectivity index (χ1n) is 5.52. The van der Waals surface area contributed by atoms with Crippen molar-refractivity contribution in [3.05, 3.63) is 23.8 Å². The summed E-state index contributed by atoms with van der Waals surface area (Å²) in [5.74, 6) is 0.879. The molecule has 0 bridgehead atoms. The zero-order chi connectivity index (χ0) is 10.2. The fourth-order valence-electron chi connectivity index (χ4n) is 2.67. The maximum absolute atomic E-state index is 12.0. The third-order valence-corrected chi connectivity index (χ3v) is 3.97. The number of rotatable bonds is 0. The summed E-state index contributed by atoms with van der Waals surface area (Å²) in [7, 11) is 0. The van der Waals surface area contributed by atoms with E-state index in [1.54, 1.807) is 6.08 Å². The van der Waals surface area contributed by atoms with E-state index in [0.29, 0.717) is 11.7 Å². The van der Waals surface area contributed by atoms with Crippen LogP contribution in [0, 0.1) is 11.3 Å².